The molecule has 3 N–H and O–H groups in total. The molecule has 9 heteroatoms. The molecule has 0 aliphatic heterocycles. The first-order valence-electron chi connectivity index (χ1n) is 9.21. The minimum Gasteiger partial charge on any atom is -0.390 e. The molecule has 3 aromatic rings. The first-order chi connectivity index (χ1) is 14.0. The third kappa shape index (κ3) is 3.44. The van der Waals surface area contributed by atoms with Gasteiger partial charge in [-0.2, -0.15) is 0 Å². The van der Waals surface area contributed by atoms with Crippen LogP contribution in [0.25, 0.3) is 11.2 Å². The second kappa shape index (κ2) is 7.58. The third-order valence-electron chi connectivity index (χ3n) is 5.16. The van der Waals surface area contributed by atoms with Gasteiger partial charge in [-0.15, -0.1) is 0 Å². The Morgan fingerprint density at radius 2 is 2.03 bits per heavy atom. The predicted molar refractivity (Wildman–Crippen MR) is 105 cm³/mol. The number of carbonyl (C=O) groups excluding carboxylic acids is 1. The van der Waals surface area contributed by atoms with E-state index in [1.807, 2.05) is 6.07 Å². The molecule has 0 bridgehead atoms. The number of rotatable bonds is 3. The maximum absolute atomic E-state index is 11.8. The Morgan fingerprint density at radius 1 is 1.21 bits per heavy atom. The molecule has 0 saturated heterocycles. The standard InChI is InChI=1S/C20H20N6O3/c1-11(27)13-9-14(18(29)17(13)28)26-10-23-16-19(21-2)24-15(25-20(16)26)7-6-12-5-3-4-8-22-12/h3-5,8,10,13-14,17-18,28-29H,9H2,1-2H3,(H,21,24,25)/t13-,14-,17?,18+/m1/s1. The summed E-state index contributed by atoms with van der Waals surface area (Å²) in [7, 11) is 1.72. The third-order valence-corrected chi connectivity index (χ3v) is 5.16. The van der Waals surface area contributed by atoms with Crippen LogP contribution >= 0.6 is 0 Å². The van der Waals surface area contributed by atoms with Crippen molar-refractivity contribution >= 4 is 22.8 Å². The van der Waals surface area contributed by atoms with Crippen LogP contribution in [-0.2, 0) is 4.79 Å². The first-order valence-corrected chi connectivity index (χ1v) is 9.21. The number of nitrogens with one attached hydrogen (secondary N) is 1. The fraction of sp³-hybridized carbons (Fsp3) is 0.350. The van der Waals surface area contributed by atoms with E-state index in [2.05, 4.69) is 37.1 Å². The van der Waals surface area contributed by atoms with Gasteiger partial charge in [-0.25, -0.2) is 19.9 Å². The van der Waals surface area contributed by atoms with E-state index in [1.54, 1.807) is 36.3 Å². The number of hydrogen-bond donors (Lipinski definition) is 3. The van der Waals surface area contributed by atoms with Crippen LogP contribution in [0.1, 0.15) is 30.9 Å². The number of nitrogens with zero attached hydrogens (tertiary/aromatic N) is 5. The van der Waals surface area contributed by atoms with Gasteiger partial charge in [0.1, 0.15) is 17.6 Å². The van der Waals surface area contributed by atoms with Gasteiger partial charge in [-0.3, -0.25) is 4.79 Å². The van der Waals surface area contributed by atoms with Crippen molar-refractivity contribution in [1.29, 1.82) is 0 Å². The Labute approximate surface area is 166 Å². The highest BCUT2D eigenvalue weighted by Gasteiger charge is 2.45. The second-order valence-electron chi connectivity index (χ2n) is 6.94. The Kier molecular flexibility index (Phi) is 4.96. The summed E-state index contributed by atoms with van der Waals surface area (Å²) in [6, 6.07) is 4.90. The Hall–Kier alpha value is -3.35. The van der Waals surface area contributed by atoms with Gasteiger partial charge in [0.15, 0.2) is 17.0 Å². The molecular weight excluding hydrogens is 372 g/mol. The minimum atomic E-state index is -1.12. The molecule has 0 aromatic carbocycles. The molecule has 0 radical (unpaired) electrons. The summed E-state index contributed by atoms with van der Waals surface area (Å²) in [4.78, 5) is 29.2. The van der Waals surface area contributed by atoms with Crippen LogP contribution in [0.4, 0.5) is 5.82 Å². The van der Waals surface area contributed by atoms with Crippen LogP contribution in [0.5, 0.6) is 0 Å². The van der Waals surface area contributed by atoms with E-state index < -0.39 is 24.2 Å². The van der Waals surface area contributed by atoms with Crippen LogP contribution in [0.15, 0.2) is 30.7 Å². The summed E-state index contributed by atoms with van der Waals surface area (Å²) in [5.41, 5.74) is 1.58. The largest absolute Gasteiger partial charge is 0.390 e. The molecule has 148 valence electrons. The molecule has 1 saturated carbocycles. The molecule has 1 aliphatic rings. The zero-order valence-electron chi connectivity index (χ0n) is 15.9. The fourth-order valence-electron chi connectivity index (χ4n) is 3.64. The molecule has 29 heavy (non-hydrogen) atoms. The number of carbonyl (C=O) groups is 1. The number of ketones is 1. The van der Waals surface area contributed by atoms with Gasteiger partial charge < -0.3 is 20.1 Å². The van der Waals surface area contributed by atoms with E-state index in [1.165, 1.54) is 6.92 Å². The van der Waals surface area contributed by atoms with Crippen molar-refractivity contribution in [3.8, 4) is 11.8 Å². The summed E-state index contributed by atoms with van der Waals surface area (Å²) in [5.74, 6) is 5.80. The number of aliphatic hydroxyl groups is 2. The van der Waals surface area contributed by atoms with Crippen molar-refractivity contribution < 1.29 is 15.0 Å². The fourth-order valence-corrected chi connectivity index (χ4v) is 3.64. The summed E-state index contributed by atoms with van der Waals surface area (Å²) >= 11 is 0. The minimum absolute atomic E-state index is 0.157. The van der Waals surface area contributed by atoms with Crippen LogP contribution in [0.2, 0.25) is 0 Å². The van der Waals surface area contributed by atoms with Crippen molar-refractivity contribution in [2.75, 3.05) is 12.4 Å². The number of imidazole rings is 1. The monoisotopic (exact) mass is 392 g/mol. The number of fused-ring (bicyclic) bond motifs is 1. The normalized spacial score (nSPS) is 23.6. The number of hydrogen-bond acceptors (Lipinski definition) is 8. The maximum atomic E-state index is 11.8. The van der Waals surface area contributed by atoms with Crippen molar-refractivity contribution in [2.24, 2.45) is 5.92 Å². The molecule has 1 fully saturated rings. The van der Waals surface area contributed by atoms with Crippen molar-refractivity contribution in [3.05, 3.63) is 42.2 Å². The molecule has 0 spiro atoms. The van der Waals surface area contributed by atoms with Crippen molar-refractivity contribution in [2.45, 2.75) is 31.6 Å². The first kappa shape index (κ1) is 19.0. The van der Waals surface area contributed by atoms with Gasteiger partial charge in [-0.1, -0.05) is 6.07 Å². The lowest BCUT2D eigenvalue weighted by Gasteiger charge is -2.18. The van der Waals surface area contributed by atoms with E-state index in [9.17, 15) is 15.0 Å². The molecule has 9 nitrogen and oxygen atoms in total. The van der Waals surface area contributed by atoms with Gasteiger partial charge in [0.25, 0.3) is 0 Å². The lowest BCUT2D eigenvalue weighted by molar-refractivity contribution is -0.124. The zero-order valence-corrected chi connectivity index (χ0v) is 15.9. The SMILES string of the molecule is CNc1nc(C#Cc2ccccn2)nc2c1ncn2[C@@H]1C[C@H](C(C)=O)C(O)[C@H]1O. The summed E-state index contributed by atoms with van der Waals surface area (Å²) in [6.45, 7) is 1.42. The lowest BCUT2D eigenvalue weighted by Crippen LogP contribution is -2.31. The van der Waals surface area contributed by atoms with Gasteiger partial charge >= 0.3 is 0 Å². The maximum Gasteiger partial charge on any atom is 0.209 e. The number of aliphatic hydroxyl groups excluding tert-OH is 2. The van der Waals surface area contributed by atoms with Gasteiger partial charge in [0, 0.05) is 19.2 Å². The highest BCUT2D eigenvalue weighted by molar-refractivity contribution is 5.83. The topological polar surface area (TPSA) is 126 Å². The van der Waals surface area contributed by atoms with Crippen molar-refractivity contribution in [1.82, 2.24) is 24.5 Å². The van der Waals surface area contributed by atoms with Crippen LogP contribution in [-0.4, -0.2) is 59.8 Å². The van der Waals surface area contributed by atoms with Crippen LogP contribution in [0.3, 0.4) is 0 Å². The predicted octanol–water partition coefficient (Wildman–Crippen LogP) is 0.535. The van der Waals surface area contributed by atoms with Gasteiger partial charge in [0.2, 0.25) is 5.82 Å². The van der Waals surface area contributed by atoms with Gasteiger partial charge in [0.05, 0.1) is 18.5 Å². The van der Waals surface area contributed by atoms with E-state index in [0.29, 0.717) is 29.1 Å². The Morgan fingerprint density at radius 3 is 2.69 bits per heavy atom. The molecular formula is C20H20N6O3. The lowest BCUT2D eigenvalue weighted by atomic mass is 10.0. The van der Waals surface area contributed by atoms with E-state index in [4.69, 9.17) is 0 Å². The number of anilines is 1. The summed E-state index contributed by atoms with van der Waals surface area (Å²) in [5, 5.41) is 23.7. The van der Waals surface area contributed by atoms with E-state index in [0.717, 1.165) is 0 Å². The quantitative estimate of drug-likeness (QED) is 0.551. The van der Waals surface area contributed by atoms with Crippen molar-refractivity contribution in [3.63, 3.8) is 0 Å². The smallest absolute Gasteiger partial charge is 0.209 e. The Bertz CT molecular complexity index is 1120. The second-order valence-corrected chi connectivity index (χ2v) is 6.94. The number of pyridine rings is 1. The zero-order chi connectivity index (χ0) is 20.5. The van der Waals surface area contributed by atoms with E-state index >= 15 is 0 Å². The highest BCUT2D eigenvalue weighted by Crippen LogP contribution is 2.37. The molecule has 0 amide bonds. The molecule has 3 aromatic heterocycles. The highest BCUT2D eigenvalue weighted by atomic mass is 16.3. The molecule has 1 unspecified atom stereocenters. The van der Waals surface area contributed by atoms with Crippen LogP contribution in [0, 0.1) is 17.8 Å². The molecule has 4 rings (SSSR count). The van der Waals surface area contributed by atoms with Gasteiger partial charge in [-0.05, 0) is 37.3 Å². The Balaban J connectivity index is 1.77. The van der Waals surface area contributed by atoms with E-state index in [-0.39, 0.29) is 11.6 Å². The summed E-state index contributed by atoms with van der Waals surface area (Å²) in [6.07, 6.45) is 1.28. The number of Topliss-reactive ketones (excluding diaryl/α,β-unsaturated/α-hetero) is 1. The summed E-state index contributed by atoms with van der Waals surface area (Å²) < 4.78 is 1.68. The van der Waals surface area contributed by atoms with Crippen LogP contribution < -0.4 is 5.32 Å². The average molecular weight is 392 g/mol. The average Bonchev–Trinajstić information content (AvgIpc) is 3.28. The molecule has 3 heterocycles. The molecule has 4 atom stereocenters. The number of aromatic nitrogens is 5. The molecule has 1 aliphatic carbocycles.